The summed E-state index contributed by atoms with van der Waals surface area (Å²) in [6.07, 6.45) is 5.04. The minimum atomic E-state index is -0.947. The quantitative estimate of drug-likeness (QED) is 0.871. The number of carboxylic acids is 1. The molecule has 1 N–H and O–H groups in total. The number of rotatable bonds is 4. The van der Waals surface area contributed by atoms with Crippen LogP contribution in [0.25, 0.3) is 0 Å². The maximum Gasteiger partial charge on any atom is 0.337 e. The third-order valence-electron chi connectivity index (χ3n) is 3.23. The number of pyridine rings is 1. The van der Waals surface area contributed by atoms with E-state index in [2.05, 4.69) is 4.98 Å². The molecule has 4 heteroatoms. The van der Waals surface area contributed by atoms with E-state index in [1.165, 1.54) is 25.7 Å². The predicted octanol–water partition coefficient (Wildman–Crippen LogP) is 2.66. The molecule has 0 spiro atoms. The van der Waals surface area contributed by atoms with Gasteiger partial charge in [0.1, 0.15) is 0 Å². The van der Waals surface area contributed by atoms with Gasteiger partial charge in [0, 0.05) is 6.07 Å². The molecule has 1 saturated carbocycles. The highest BCUT2D eigenvalue weighted by molar-refractivity contribution is 5.88. The van der Waals surface area contributed by atoms with Gasteiger partial charge in [-0.05, 0) is 31.7 Å². The van der Waals surface area contributed by atoms with Crippen LogP contribution in [0.4, 0.5) is 0 Å². The molecule has 1 aliphatic carbocycles. The molecule has 0 saturated heterocycles. The Kier molecular flexibility index (Phi) is 3.61. The molecule has 0 amide bonds. The van der Waals surface area contributed by atoms with Crippen LogP contribution in [0.1, 0.15) is 41.7 Å². The number of aromatic carboxylic acids is 1. The van der Waals surface area contributed by atoms with Gasteiger partial charge in [-0.25, -0.2) is 9.78 Å². The van der Waals surface area contributed by atoms with Gasteiger partial charge in [0.25, 0.3) is 0 Å². The average molecular weight is 235 g/mol. The summed E-state index contributed by atoms with van der Waals surface area (Å²) < 4.78 is 5.60. The second-order valence-corrected chi connectivity index (χ2v) is 4.55. The minimum absolute atomic E-state index is 0.234. The Morgan fingerprint density at radius 1 is 1.47 bits per heavy atom. The van der Waals surface area contributed by atoms with E-state index in [1.807, 2.05) is 0 Å². The first-order valence-corrected chi connectivity index (χ1v) is 6.00. The smallest absolute Gasteiger partial charge is 0.337 e. The first-order chi connectivity index (χ1) is 8.16. The van der Waals surface area contributed by atoms with E-state index < -0.39 is 5.97 Å². The molecule has 1 aromatic heterocycles. The van der Waals surface area contributed by atoms with Crippen molar-refractivity contribution in [3.8, 4) is 5.88 Å². The number of aromatic nitrogens is 1. The zero-order valence-electron chi connectivity index (χ0n) is 9.98. The topological polar surface area (TPSA) is 59.4 Å². The monoisotopic (exact) mass is 235 g/mol. The molecule has 1 heterocycles. The van der Waals surface area contributed by atoms with Crippen LogP contribution in [-0.2, 0) is 0 Å². The van der Waals surface area contributed by atoms with Crippen LogP contribution in [0.5, 0.6) is 5.88 Å². The third kappa shape index (κ3) is 2.96. The van der Waals surface area contributed by atoms with E-state index in [4.69, 9.17) is 9.84 Å². The molecule has 4 nitrogen and oxygen atoms in total. The fourth-order valence-corrected chi connectivity index (χ4v) is 2.22. The highest BCUT2D eigenvalue weighted by atomic mass is 16.5. The second-order valence-electron chi connectivity index (χ2n) is 4.55. The summed E-state index contributed by atoms with van der Waals surface area (Å²) in [6, 6.07) is 3.18. The summed E-state index contributed by atoms with van der Waals surface area (Å²) >= 11 is 0. The number of hydrogen-bond donors (Lipinski definition) is 1. The van der Waals surface area contributed by atoms with Gasteiger partial charge in [-0.15, -0.1) is 0 Å². The van der Waals surface area contributed by atoms with Gasteiger partial charge in [0.05, 0.1) is 17.9 Å². The molecule has 1 aromatic rings. The van der Waals surface area contributed by atoms with Crippen LogP contribution in [0.15, 0.2) is 12.1 Å². The van der Waals surface area contributed by atoms with Gasteiger partial charge in [0.2, 0.25) is 5.88 Å². The Bertz CT molecular complexity index is 411. The number of nitrogens with zero attached hydrogens (tertiary/aromatic N) is 1. The van der Waals surface area contributed by atoms with E-state index in [0.29, 0.717) is 24.1 Å². The van der Waals surface area contributed by atoms with Gasteiger partial charge < -0.3 is 9.84 Å². The van der Waals surface area contributed by atoms with Gasteiger partial charge in [-0.2, -0.15) is 0 Å². The van der Waals surface area contributed by atoms with Gasteiger partial charge in [-0.1, -0.05) is 12.8 Å². The van der Waals surface area contributed by atoms with E-state index in [-0.39, 0.29) is 5.56 Å². The molecule has 17 heavy (non-hydrogen) atoms. The van der Waals surface area contributed by atoms with E-state index in [9.17, 15) is 4.79 Å². The van der Waals surface area contributed by atoms with Crippen LogP contribution >= 0.6 is 0 Å². The Balaban J connectivity index is 1.97. The molecule has 1 aliphatic rings. The molecular formula is C13H17NO3. The Hall–Kier alpha value is -1.58. The second kappa shape index (κ2) is 5.17. The van der Waals surface area contributed by atoms with Crippen molar-refractivity contribution in [1.82, 2.24) is 4.98 Å². The summed E-state index contributed by atoms with van der Waals surface area (Å²) in [5.74, 6) is 0.216. The van der Waals surface area contributed by atoms with Gasteiger partial charge in [0.15, 0.2) is 0 Å². The summed E-state index contributed by atoms with van der Waals surface area (Å²) in [5, 5.41) is 8.88. The zero-order valence-corrected chi connectivity index (χ0v) is 9.98. The van der Waals surface area contributed by atoms with E-state index in [0.717, 1.165) is 0 Å². The molecule has 0 unspecified atom stereocenters. The first-order valence-electron chi connectivity index (χ1n) is 6.00. The molecule has 2 rings (SSSR count). The number of carboxylic acid groups (broad SMARTS) is 1. The van der Waals surface area contributed by atoms with Crippen LogP contribution in [0.3, 0.4) is 0 Å². The molecule has 0 bridgehead atoms. The Morgan fingerprint density at radius 3 is 2.76 bits per heavy atom. The molecule has 1 fully saturated rings. The lowest BCUT2D eigenvalue weighted by atomic mass is 10.1. The van der Waals surface area contributed by atoms with Crippen LogP contribution in [-0.4, -0.2) is 22.7 Å². The summed E-state index contributed by atoms with van der Waals surface area (Å²) in [4.78, 5) is 15.0. The highest BCUT2D eigenvalue weighted by Gasteiger charge is 2.16. The molecule has 0 aliphatic heterocycles. The molecular weight excluding hydrogens is 218 g/mol. The zero-order chi connectivity index (χ0) is 12.3. The Labute approximate surface area is 101 Å². The van der Waals surface area contributed by atoms with Crippen molar-refractivity contribution < 1.29 is 14.6 Å². The van der Waals surface area contributed by atoms with Gasteiger partial charge >= 0.3 is 5.97 Å². The van der Waals surface area contributed by atoms with Crippen molar-refractivity contribution >= 4 is 5.97 Å². The highest BCUT2D eigenvalue weighted by Crippen LogP contribution is 2.25. The lowest BCUT2D eigenvalue weighted by Gasteiger charge is -2.11. The van der Waals surface area contributed by atoms with E-state index >= 15 is 0 Å². The predicted molar refractivity (Wildman–Crippen MR) is 63.4 cm³/mol. The SMILES string of the molecule is Cc1nc(OCC2CCCC2)ccc1C(=O)O. The average Bonchev–Trinajstić information content (AvgIpc) is 2.78. The lowest BCUT2D eigenvalue weighted by Crippen LogP contribution is -2.10. The van der Waals surface area contributed by atoms with Crippen LogP contribution in [0.2, 0.25) is 0 Å². The van der Waals surface area contributed by atoms with Crippen LogP contribution in [0, 0.1) is 12.8 Å². The molecule has 0 aromatic carbocycles. The number of carbonyl (C=O) groups is 1. The Morgan fingerprint density at radius 2 is 2.18 bits per heavy atom. The number of aryl methyl sites for hydroxylation is 1. The maximum atomic E-state index is 10.8. The molecule has 0 atom stereocenters. The fraction of sp³-hybridized carbons (Fsp3) is 0.538. The van der Waals surface area contributed by atoms with Crippen molar-refractivity contribution in [2.45, 2.75) is 32.6 Å². The van der Waals surface area contributed by atoms with Crippen molar-refractivity contribution in [3.05, 3.63) is 23.4 Å². The summed E-state index contributed by atoms with van der Waals surface area (Å²) in [5.41, 5.74) is 0.736. The third-order valence-corrected chi connectivity index (χ3v) is 3.23. The lowest BCUT2D eigenvalue weighted by molar-refractivity contribution is 0.0695. The largest absolute Gasteiger partial charge is 0.478 e. The molecule has 0 radical (unpaired) electrons. The fourth-order valence-electron chi connectivity index (χ4n) is 2.22. The first kappa shape index (κ1) is 11.9. The summed E-state index contributed by atoms with van der Waals surface area (Å²) in [6.45, 7) is 2.38. The number of hydrogen-bond acceptors (Lipinski definition) is 3. The van der Waals surface area contributed by atoms with Crippen molar-refractivity contribution in [3.63, 3.8) is 0 Å². The normalized spacial score (nSPS) is 16.1. The maximum absolute atomic E-state index is 10.8. The van der Waals surface area contributed by atoms with Crippen molar-refractivity contribution in [2.75, 3.05) is 6.61 Å². The van der Waals surface area contributed by atoms with Crippen molar-refractivity contribution in [1.29, 1.82) is 0 Å². The summed E-state index contributed by atoms with van der Waals surface area (Å²) in [7, 11) is 0. The van der Waals surface area contributed by atoms with Gasteiger partial charge in [-0.3, -0.25) is 0 Å². The molecule has 92 valence electrons. The standard InChI is InChI=1S/C13H17NO3/c1-9-11(13(15)16)6-7-12(14-9)17-8-10-4-2-3-5-10/h6-7,10H,2-5,8H2,1H3,(H,15,16). The number of ether oxygens (including phenoxy) is 1. The minimum Gasteiger partial charge on any atom is -0.478 e. The van der Waals surface area contributed by atoms with Crippen LogP contribution < -0.4 is 4.74 Å². The van der Waals surface area contributed by atoms with Crippen molar-refractivity contribution in [2.24, 2.45) is 5.92 Å². The van der Waals surface area contributed by atoms with E-state index in [1.54, 1.807) is 19.1 Å².